The minimum Gasteiger partial charge on any atom is -0.444 e. The topological polar surface area (TPSA) is 64.3 Å². The molecule has 1 unspecified atom stereocenters. The highest BCUT2D eigenvalue weighted by Gasteiger charge is 2.17. The maximum atomic E-state index is 12.4. The molecule has 0 saturated carbocycles. The van der Waals surface area contributed by atoms with Gasteiger partial charge < -0.3 is 10.5 Å². The fraction of sp³-hybridized carbons (Fsp3) is 0.500. The molecule has 0 bridgehead atoms. The first-order chi connectivity index (χ1) is 9.17. The van der Waals surface area contributed by atoms with Gasteiger partial charge in [0.25, 0.3) is 6.43 Å². The van der Waals surface area contributed by atoms with Crippen LogP contribution in [0.25, 0.3) is 0 Å². The largest absolute Gasteiger partial charge is 0.444 e. The Morgan fingerprint density at radius 1 is 1.40 bits per heavy atom. The quantitative estimate of drug-likeness (QED) is 0.893. The lowest BCUT2D eigenvalue weighted by Gasteiger charge is -2.20. The fourth-order valence-electron chi connectivity index (χ4n) is 1.56. The summed E-state index contributed by atoms with van der Waals surface area (Å²) in [6, 6.07) is 5.39. The van der Waals surface area contributed by atoms with Crippen LogP contribution in [0.5, 0.6) is 0 Å². The van der Waals surface area contributed by atoms with E-state index in [2.05, 4.69) is 5.32 Å². The van der Waals surface area contributed by atoms with E-state index in [9.17, 15) is 13.6 Å². The third-order valence-corrected chi connectivity index (χ3v) is 2.37. The minimum atomic E-state index is -2.57. The molecule has 1 aromatic carbocycles. The lowest BCUT2D eigenvalue weighted by atomic mass is 10.1. The number of amides is 1. The smallest absolute Gasteiger partial charge is 0.412 e. The van der Waals surface area contributed by atoms with Gasteiger partial charge in [-0.1, -0.05) is 12.1 Å². The van der Waals surface area contributed by atoms with E-state index in [1.165, 1.54) is 0 Å². The molecule has 0 saturated heterocycles. The molecule has 1 rings (SSSR count). The summed E-state index contributed by atoms with van der Waals surface area (Å²) in [4.78, 5) is 11.6. The highest BCUT2D eigenvalue weighted by molar-refractivity contribution is 5.84. The molecule has 1 amide bonds. The second-order valence-electron chi connectivity index (χ2n) is 5.53. The third-order valence-electron chi connectivity index (χ3n) is 2.37. The van der Waals surface area contributed by atoms with Gasteiger partial charge in [0, 0.05) is 5.69 Å². The SMILES string of the molecule is CC(C)(C)OC(=O)Nc1cccc(CC(N)C(F)F)c1. The summed E-state index contributed by atoms with van der Waals surface area (Å²) in [6.07, 6.45) is -3.12. The molecule has 0 aromatic heterocycles. The summed E-state index contributed by atoms with van der Waals surface area (Å²) in [5, 5.41) is 2.55. The summed E-state index contributed by atoms with van der Waals surface area (Å²) in [5.41, 5.74) is 5.84. The molecular formula is C14H20F2N2O2. The van der Waals surface area contributed by atoms with Gasteiger partial charge in [0.05, 0.1) is 6.04 Å². The average Bonchev–Trinajstić information content (AvgIpc) is 2.26. The van der Waals surface area contributed by atoms with Crippen LogP contribution in [0.15, 0.2) is 24.3 Å². The van der Waals surface area contributed by atoms with E-state index in [4.69, 9.17) is 10.5 Å². The lowest BCUT2D eigenvalue weighted by Crippen LogP contribution is -2.31. The molecule has 0 radical (unpaired) electrons. The van der Waals surface area contributed by atoms with E-state index >= 15 is 0 Å². The Morgan fingerprint density at radius 2 is 2.05 bits per heavy atom. The standard InChI is InChI=1S/C14H20F2N2O2/c1-14(2,3)20-13(19)18-10-6-4-5-9(7-10)8-11(17)12(15)16/h4-7,11-12H,8,17H2,1-3H3,(H,18,19). The number of benzene rings is 1. The molecule has 0 aliphatic carbocycles. The van der Waals surface area contributed by atoms with Crippen LogP contribution in [-0.2, 0) is 11.2 Å². The van der Waals surface area contributed by atoms with E-state index in [0.29, 0.717) is 11.3 Å². The summed E-state index contributed by atoms with van der Waals surface area (Å²) in [6.45, 7) is 5.26. The lowest BCUT2D eigenvalue weighted by molar-refractivity contribution is 0.0636. The highest BCUT2D eigenvalue weighted by Crippen LogP contribution is 2.15. The Morgan fingerprint density at radius 3 is 2.60 bits per heavy atom. The van der Waals surface area contributed by atoms with E-state index in [1.807, 2.05) is 0 Å². The number of nitrogens with two attached hydrogens (primary N) is 1. The molecule has 0 aliphatic rings. The zero-order chi connectivity index (χ0) is 15.3. The number of anilines is 1. The van der Waals surface area contributed by atoms with Gasteiger partial charge in [0.1, 0.15) is 5.60 Å². The van der Waals surface area contributed by atoms with Gasteiger partial charge in [0.15, 0.2) is 0 Å². The Kier molecular flexibility index (Phi) is 5.44. The van der Waals surface area contributed by atoms with Crippen molar-refractivity contribution in [1.29, 1.82) is 0 Å². The van der Waals surface area contributed by atoms with Crippen LogP contribution in [-0.4, -0.2) is 24.2 Å². The predicted molar refractivity (Wildman–Crippen MR) is 74.0 cm³/mol. The van der Waals surface area contributed by atoms with Crippen molar-refractivity contribution in [2.45, 2.75) is 45.3 Å². The Bertz CT molecular complexity index is 459. The summed E-state index contributed by atoms with van der Waals surface area (Å²) in [7, 11) is 0. The Labute approximate surface area is 117 Å². The second kappa shape index (κ2) is 6.65. The van der Waals surface area contributed by atoms with Crippen LogP contribution < -0.4 is 11.1 Å². The van der Waals surface area contributed by atoms with Gasteiger partial charge >= 0.3 is 6.09 Å². The molecule has 0 spiro atoms. The molecule has 6 heteroatoms. The van der Waals surface area contributed by atoms with Gasteiger partial charge in [-0.15, -0.1) is 0 Å². The van der Waals surface area contributed by atoms with E-state index in [1.54, 1.807) is 45.0 Å². The number of hydrogen-bond acceptors (Lipinski definition) is 3. The first-order valence-corrected chi connectivity index (χ1v) is 6.30. The van der Waals surface area contributed by atoms with Gasteiger partial charge in [-0.05, 0) is 44.9 Å². The third kappa shape index (κ3) is 5.97. The van der Waals surface area contributed by atoms with Gasteiger partial charge in [-0.3, -0.25) is 5.32 Å². The number of nitrogens with one attached hydrogen (secondary N) is 1. The average molecular weight is 286 g/mol. The summed E-state index contributed by atoms with van der Waals surface area (Å²) < 4.78 is 29.9. The molecule has 0 heterocycles. The maximum absolute atomic E-state index is 12.4. The monoisotopic (exact) mass is 286 g/mol. The van der Waals surface area contributed by atoms with Gasteiger partial charge in [-0.2, -0.15) is 0 Å². The first-order valence-electron chi connectivity index (χ1n) is 6.30. The number of halogens is 2. The molecular weight excluding hydrogens is 266 g/mol. The zero-order valence-corrected chi connectivity index (χ0v) is 11.8. The number of carbonyl (C=O) groups excluding carboxylic acids is 1. The normalized spacial score (nSPS) is 13.2. The van der Waals surface area contributed by atoms with Crippen molar-refractivity contribution in [3.8, 4) is 0 Å². The predicted octanol–water partition coefficient (Wildman–Crippen LogP) is 3.17. The summed E-state index contributed by atoms with van der Waals surface area (Å²) in [5.74, 6) is 0. The van der Waals surface area contributed by atoms with Crippen molar-refractivity contribution in [2.24, 2.45) is 5.73 Å². The number of ether oxygens (including phenoxy) is 1. The number of alkyl halides is 2. The van der Waals surface area contributed by atoms with E-state index in [-0.39, 0.29) is 6.42 Å². The maximum Gasteiger partial charge on any atom is 0.412 e. The highest BCUT2D eigenvalue weighted by atomic mass is 19.3. The van der Waals surface area contributed by atoms with Crippen LogP contribution in [0.1, 0.15) is 26.3 Å². The fourth-order valence-corrected chi connectivity index (χ4v) is 1.56. The van der Waals surface area contributed by atoms with Gasteiger partial charge in [0.2, 0.25) is 0 Å². The molecule has 3 N–H and O–H groups in total. The van der Waals surface area contributed by atoms with Crippen molar-refractivity contribution in [3.05, 3.63) is 29.8 Å². The zero-order valence-electron chi connectivity index (χ0n) is 11.8. The van der Waals surface area contributed by atoms with Crippen LogP contribution in [0.4, 0.5) is 19.3 Å². The Balaban J connectivity index is 2.66. The molecule has 112 valence electrons. The number of hydrogen-bond donors (Lipinski definition) is 2. The van der Waals surface area contributed by atoms with Crippen molar-refractivity contribution in [1.82, 2.24) is 0 Å². The molecule has 1 atom stereocenters. The Hall–Kier alpha value is -1.69. The minimum absolute atomic E-state index is 0.0432. The van der Waals surface area contributed by atoms with E-state index < -0.39 is 24.2 Å². The molecule has 0 aliphatic heterocycles. The van der Waals surface area contributed by atoms with Crippen LogP contribution in [0.3, 0.4) is 0 Å². The number of rotatable bonds is 4. The van der Waals surface area contributed by atoms with Crippen molar-refractivity contribution in [3.63, 3.8) is 0 Å². The second-order valence-corrected chi connectivity index (χ2v) is 5.53. The van der Waals surface area contributed by atoms with Crippen molar-refractivity contribution >= 4 is 11.8 Å². The van der Waals surface area contributed by atoms with E-state index in [0.717, 1.165) is 0 Å². The molecule has 20 heavy (non-hydrogen) atoms. The molecule has 1 aromatic rings. The van der Waals surface area contributed by atoms with Crippen molar-refractivity contribution in [2.75, 3.05) is 5.32 Å². The van der Waals surface area contributed by atoms with Crippen LogP contribution in [0, 0.1) is 0 Å². The van der Waals surface area contributed by atoms with Crippen LogP contribution in [0.2, 0.25) is 0 Å². The summed E-state index contributed by atoms with van der Waals surface area (Å²) >= 11 is 0. The van der Waals surface area contributed by atoms with Crippen molar-refractivity contribution < 1.29 is 18.3 Å². The molecule has 4 nitrogen and oxygen atoms in total. The molecule has 0 fully saturated rings. The first kappa shape index (κ1) is 16.4. The van der Waals surface area contributed by atoms with Gasteiger partial charge in [-0.25, -0.2) is 13.6 Å². The van der Waals surface area contributed by atoms with Crippen LogP contribution >= 0.6 is 0 Å². The number of carbonyl (C=O) groups is 1.